The van der Waals surface area contributed by atoms with E-state index in [1.165, 1.54) is 0 Å². The Morgan fingerprint density at radius 2 is 2.13 bits per heavy atom. The summed E-state index contributed by atoms with van der Waals surface area (Å²) in [6.07, 6.45) is 1.59. The zero-order valence-corrected chi connectivity index (χ0v) is 10.5. The van der Waals surface area contributed by atoms with E-state index >= 15 is 0 Å². The van der Waals surface area contributed by atoms with Crippen LogP contribution in [0.2, 0.25) is 0 Å². The maximum atomic E-state index is 11.8. The third-order valence-corrected chi connectivity index (χ3v) is 5.17. The van der Waals surface area contributed by atoms with E-state index < -0.39 is 15.1 Å². The summed E-state index contributed by atoms with van der Waals surface area (Å²) in [5, 5.41) is -0.468. The highest BCUT2D eigenvalue weighted by Gasteiger charge is 2.35. The van der Waals surface area contributed by atoms with Gasteiger partial charge in [-0.2, -0.15) is 0 Å². The zero-order chi connectivity index (χ0) is 11.7. The minimum absolute atomic E-state index is 0.106. The lowest BCUT2D eigenvalue weighted by molar-refractivity contribution is -0.00532. The highest BCUT2D eigenvalue weighted by Crippen LogP contribution is 2.30. The van der Waals surface area contributed by atoms with E-state index in [2.05, 4.69) is 0 Å². The Morgan fingerprint density at radius 3 is 2.53 bits per heavy atom. The van der Waals surface area contributed by atoms with Crippen LogP contribution in [-0.2, 0) is 14.6 Å². The van der Waals surface area contributed by atoms with Gasteiger partial charge in [-0.05, 0) is 33.6 Å². The lowest BCUT2D eigenvalue weighted by atomic mass is 10.1. The highest BCUT2D eigenvalue weighted by atomic mass is 32.2. The van der Waals surface area contributed by atoms with E-state index in [1.54, 1.807) is 6.92 Å². The van der Waals surface area contributed by atoms with Crippen molar-refractivity contribution in [3.8, 4) is 0 Å². The molecule has 2 unspecified atom stereocenters. The molecule has 1 heterocycles. The molecule has 0 saturated carbocycles. The topological polar surface area (TPSA) is 69.4 Å². The Bertz CT molecular complexity index is 311. The predicted octanol–water partition coefficient (Wildman–Crippen LogP) is 0.706. The molecule has 2 N–H and O–H groups in total. The highest BCUT2D eigenvalue weighted by molar-refractivity contribution is 7.92. The minimum atomic E-state index is -3.09. The molecule has 0 radical (unpaired) electrons. The van der Waals surface area contributed by atoms with Crippen molar-refractivity contribution in [3.63, 3.8) is 0 Å². The summed E-state index contributed by atoms with van der Waals surface area (Å²) in [5.74, 6) is 0.106. The molecule has 0 aromatic heterocycles. The summed E-state index contributed by atoms with van der Waals surface area (Å²) in [4.78, 5) is 0. The monoisotopic (exact) mass is 235 g/mol. The fourth-order valence-corrected chi connectivity index (χ4v) is 3.14. The third-order valence-electron chi connectivity index (χ3n) is 2.92. The fraction of sp³-hybridized carbons (Fsp3) is 1.00. The van der Waals surface area contributed by atoms with Crippen LogP contribution < -0.4 is 5.73 Å². The molecular weight excluding hydrogens is 214 g/mol. The van der Waals surface area contributed by atoms with Crippen molar-refractivity contribution in [2.75, 3.05) is 12.3 Å². The molecular formula is C10H21NO3S. The largest absolute Gasteiger partial charge is 0.371 e. The third kappa shape index (κ3) is 3.43. The molecule has 15 heavy (non-hydrogen) atoms. The number of hydrogen-bond donors (Lipinski definition) is 1. The number of ether oxygens (including phenoxy) is 1. The molecule has 0 aromatic rings. The van der Waals surface area contributed by atoms with E-state index in [0.29, 0.717) is 0 Å². The van der Waals surface area contributed by atoms with E-state index in [4.69, 9.17) is 10.5 Å². The second kappa shape index (κ2) is 4.39. The van der Waals surface area contributed by atoms with Crippen LogP contribution in [0.1, 0.15) is 33.6 Å². The summed E-state index contributed by atoms with van der Waals surface area (Å²) < 4.78 is 29.2. The van der Waals surface area contributed by atoms with Gasteiger partial charge in [0.2, 0.25) is 0 Å². The summed E-state index contributed by atoms with van der Waals surface area (Å²) in [6.45, 7) is 5.81. The molecule has 2 atom stereocenters. The van der Waals surface area contributed by atoms with Crippen LogP contribution in [0.15, 0.2) is 0 Å². The van der Waals surface area contributed by atoms with E-state index in [0.717, 1.165) is 12.8 Å². The molecule has 0 aliphatic carbocycles. The first-order valence-corrected chi connectivity index (χ1v) is 7.08. The van der Waals surface area contributed by atoms with Crippen LogP contribution in [-0.4, -0.2) is 37.7 Å². The van der Waals surface area contributed by atoms with Gasteiger partial charge in [0.25, 0.3) is 0 Å². The molecule has 1 saturated heterocycles. The average molecular weight is 235 g/mol. The average Bonchev–Trinajstić information content (AvgIpc) is 2.43. The Morgan fingerprint density at radius 1 is 1.53 bits per heavy atom. The smallest absolute Gasteiger partial charge is 0.156 e. The summed E-state index contributed by atoms with van der Waals surface area (Å²) in [7, 11) is -3.09. The molecule has 0 spiro atoms. The number of nitrogens with two attached hydrogens (primary N) is 1. The Kier molecular flexibility index (Phi) is 3.79. The summed E-state index contributed by atoms with van der Waals surface area (Å²) in [5.41, 5.74) is 5.19. The van der Waals surface area contributed by atoms with Crippen molar-refractivity contribution in [2.45, 2.75) is 50.6 Å². The van der Waals surface area contributed by atoms with Gasteiger partial charge in [0, 0.05) is 6.54 Å². The van der Waals surface area contributed by atoms with Gasteiger partial charge in [0.05, 0.1) is 22.7 Å². The lowest BCUT2D eigenvalue weighted by Crippen LogP contribution is -2.34. The van der Waals surface area contributed by atoms with Gasteiger partial charge in [-0.1, -0.05) is 0 Å². The Hall–Kier alpha value is -0.130. The first-order valence-electron chi connectivity index (χ1n) is 5.36. The van der Waals surface area contributed by atoms with Crippen molar-refractivity contribution >= 4 is 9.84 Å². The van der Waals surface area contributed by atoms with Gasteiger partial charge in [0.15, 0.2) is 9.84 Å². The van der Waals surface area contributed by atoms with Crippen LogP contribution >= 0.6 is 0 Å². The van der Waals surface area contributed by atoms with Crippen LogP contribution in [0.4, 0.5) is 0 Å². The van der Waals surface area contributed by atoms with E-state index in [9.17, 15) is 8.42 Å². The Balaban J connectivity index is 2.57. The van der Waals surface area contributed by atoms with Crippen molar-refractivity contribution in [1.29, 1.82) is 0 Å². The second-order valence-electron chi connectivity index (χ2n) is 4.91. The van der Waals surface area contributed by atoms with Crippen molar-refractivity contribution in [1.82, 2.24) is 0 Å². The van der Waals surface area contributed by atoms with Gasteiger partial charge in [-0.3, -0.25) is 0 Å². The van der Waals surface area contributed by atoms with Gasteiger partial charge < -0.3 is 10.5 Å². The maximum absolute atomic E-state index is 11.8. The quantitative estimate of drug-likeness (QED) is 0.779. The molecule has 0 bridgehead atoms. The number of sulfone groups is 1. The van der Waals surface area contributed by atoms with Crippen molar-refractivity contribution in [2.24, 2.45) is 5.73 Å². The molecule has 4 nitrogen and oxygen atoms in total. The van der Waals surface area contributed by atoms with Crippen molar-refractivity contribution < 1.29 is 13.2 Å². The molecule has 1 aliphatic heterocycles. The first-order chi connectivity index (χ1) is 6.77. The number of hydrogen-bond acceptors (Lipinski definition) is 4. The summed E-state index contributed by atoms with van der Waals surface area (Å²) in [6, 6.07) is 0. The molecule has 0 amide bonds. The molecule has 90 valence electrons. The molecule has 5 heteroatoms. The van der Waals surface area contributed by atoms with Gasteiger partial charge in [-0.25, -0.2) is 8.42 Å². The van der Waals surface area contributed by atoms with Crippen molar-refractivity contribution in [3.05, 3.63) is 0 Å². The normalized spacial score (nSPS) is 27.9. The van der Waals surface area contributed by atoms with E-state index in [-0.39, 0.29) is 24.0 Å². The Labute approximate surface area is 92.1 Å². The fourth-order valence-electron chi connectivity index (χ4n) is 1.76. The lowest BCUT2D eigenvalue weighted by Gasteiger charge is -2.20. The maximum Gasteiger partial charge on any atom is 0.156 e. The SMILES string of the molecule is CC(CN)S(=O)(=O)CC1CCC(C)(C)O1. The van der Waals surface area contributed by atoms with Gasteiger partial charge >= 0.3 is 0 Å². The minimum Gasteiger partial charge on any atom is -0.371 e. The van der Waals surface area contributed by atoms with Gasteiger partial charge in [0.1, 0.15) is 0 Å². The molecule has 1 rings (SSSR count). The molecule has 1 aliphatic rings. The number of rotatable bonds is 4. The first kappa shape index (κ1) is 12.9. The standard InChI is InChI=1S/C10H21NO3S/c1-8(6-11)15(12,13)7-9-4-5-10(2,3)14-9/h8-9H,4-7,11H2,1-3H3. The van der Waals surface area contributed by atoms with Gasteiger partial charge in [-0.15, -0.1) is 0 Å². The predicted molar refractivity (Wildman–Crippen MR) is 60.5 cm³/mol. The van der Waals surface area contributed by atoms with Crippen LogP contribution in [0.5, 0.6) is 0 Å². The molecule has 0 aromatic carbocycles. The second-order valence-corrected chi connectivity index (χ2v) is 7.38. The molecule has 1 fully saturated rings. The summed E-state index contributed by atoms with van der Waals surface area (Å²) >= 11 is 0. The van der Waals surface area contributed by atoms with Crippen LogP contribution in [0.3, 0.4) is 0 Å². The van der Waals surface area contributed by atoms with Crippen LogP contribution in [0, 0.1) is 0 Å². The van der Waals surface area contributed by atoms with Crippen LogP contribution in [0.25, 0.3) is 0 Å². The van der Waals surface area contributed by atoms with E-state index in [1.807, 2.05) is 13.8 Å². The zero-order valence-electron chi connectivity index (χ0n) is 9.69.